The third-order valence-corrected chi connectivity index (χ3v) is 3.31. The zero-order valence-electron chi connectivity index (χ0n) is 11.6. The predicted octanol–water partition coefficient (Wildman–Crippen LogP) is 0.822. The monoisotopic (exact) mass is 278 g/mol. The molecule has 0 aliphatic carbocycles. The van der Waals surface area contributed by atoms with Crippen molar-refractivity contribution in [3.63, 3.8) is 0 Å². The molecule has 0 saturated heterocycles. The Bertz CT molecular complexity index is 530. The molecule has 1 heterocycles. The van der Waals surface area contributed by atoms with Gasteiger partial charge in [-0.1, -0.05) is 13.0 Å². The van der Waals surface area contributed by atoms with Crippen LogP contribution in [0.5, 0.6) is 5.75 Å². The van der Waals surface area contributed by atoms with E-state index in [2.05, 4.69) is 0 Å². The molecule has 0 aromatic heterocycles. The van der Waals surface area contributed by atoms with E-state index in [0.29, 0.717) is 24.4 Å². The van der Waals surface area contributed by atoms with Gasteiger partial charge in [-0.3, -0.25) is 9.69 Å². The van der Waals surface area contributed by atoms with E-state index in [9.17, 15) is 9.59 Å². The zero-order chi connectivity index (χ0) is 14.7. The molecule has 2 rings (SSSR count). The molecule has 1 amide bonds. The quantitative estimate of drug-likeness (QED) is 0.825. The van der Waals surface area contributed by atoms with Crippen LogP contribution >= 0.6 is 0 Å². The Morgan fingerprint density at radius 2 is 2.30 bits per heavy atom. The van der Waals surface area contributed by atoms with Crippen LogP contribution in [0.15, 0.2) is 18.2 Å². The first kappa shape index (κ1) is 14.3. The van der Waals surface area contributed by atoms with Crippen LogP contribution in [-0.4, -0.2) is 31.6 Å². The van der Waals surface area contributed by atoms with Crippen LogP contribution in [0.2, 0.25) is 0 Å². The molecular formula is C14H18N2O4. The van der Waals surface area contributed by atoms with E-state index in [1.807, 2.05) is 13.0 Å². The number of methoxy groups -OCH3 is 1. The molecule has 1 aromatic carbocycles. The van der Waals surface area contributed by atoms with E-state index < -0.39 is 12.0 Å². The fraction of sp³-hybridized carbons (Fsp3) is 0.429. The first-order valence-corrected chi connectivity index (χ1v) is 6.48. The van der Waals surface area contributed by atoms with Crippen molar-refractivity contribution in [2.75, 3.05) is 18.6 Å². The van der Waals surface area contributed by atoms with Crippen molar-refractivity contribution in [1.29, 1.82) is 0 Å². The molecule has 0 radical (unpaired) electrons. The number of nitrogens with two attached hydrogens (primary N) is 1. The number of rotatable bonds is 4. The van der Waals surface area contributed by atoms with Crippen LogP contribution in [-0.2, 0) is 20.9 Å². The number of nitrogens with zero attached hydrogens (tertiary/aromatic N) is 1. The molecule has 0 fully saturated rings. The Balaban J connectivity index is 2.47. The molecule has 1 unspecified atom stereocenters. The number of esters is 1. The van der Waals surface area contributed by atoms with Gasteiger partial charge in [0.2, 0.25) is 0 Å². The highest BCUT2D eigenvalue weighted by Gasteiger charge is 2.35. The Kier molecular flexibility index (Phi) is 4.24. The fourth-order valence-corrected chi connectivity index (χ4v) is 2.28. The van der Waals surface area contributed by atoms with Crippen LogP contribution < -0.4 is 15.4 Å². The fourth-order valence-electron chi connectivity index (χ4n) is 2.28. The number of carbonyl (C=O) groups excluding carboxylic acids is 2. The van der Waals surface area contributed by atoms with Gasteiger partial charge < -0.3 is 15.2 Å². The topological polar surface area (TPSA) is 81.9 Å². The van der Waals surface area contributed by atoms with Crippen molar-refractivity contribution in [2.45, 2.75) is 25.9 Å². The van der Waals surface area contributed by atoms with Crippen LogP contribution in [0.1, 0.15) is 18.9 Å². The Morgan fingerprint density at radius 1 is 1.55 bits per heavy atom. The van der Waals surface area contributed by atoms with Crippen molar-refractivity contribution in [3.05, 3.63) is 23.8 Å². The highest BCUT2D eigenvalue weighted by Crippen LogP contribution is 2.35. The number of fused-ring (bicyclic) bond motifs is 1. The van der Waals surface area contributed by atoms with Gasteiger partial charge in [0.15, 0.2) is 6.61 Å². The Hall–Kier alpha value is -2.08. The molecular weight excluding hydrogens is 260 g/mol. The third kappa shape index (κ3) is 2.46. The summed E-state index contributed by atoms with van der Waals surface area (Å²) in [5.74, 6) is -0.125. The molecule has 0 saturated carbocycles. The predicted molar refractivity (Wildman–Crippen MR) is 73.4 cm³/mol. The maximum atomic E-state index is 12.1. The summed E-state index contributed by atoms with van der Waals surface area (Å²) in [6, 6.07) is 4.73. The van der Waals surface area contributed by atoms with Gasteiger partial charge in [0.1, 0.15) is 11.8 Å². The maximum Gasteiger partial charge on any atom is 0.328 e. The van der Waals surface area contributed by atoms with Crippen molar-refractivity contribution >= 4 is 17.6 Å². The summed E-state index contributed by atoms with van der Waals surface area (Å²) < 4.78 is 10.2. The number of carbonyl (C=O) groups is 2. The summed E-state index contributed by atoms with van der Waals surface area (Å²) in [5, 5.41) is 0. The largest absolute Gasteiger partial charge is 0.482 e. The summed E-state index contributed by atoms with van der Waals surface area (Å²) in [5.41, 5.74) is 7.06. The van der Waals surface area contributed by atoms with Gasteiger partial charge in [0.25, 0.3) is 5.91 Å². The first-order valence-electron chi connectivity index (χ1n) is 6.48. The highest BCUT2D eigenvalue weighted by atomic mass is 16.5. The lowest BCUT2D eigenvalue weighted by Crippen LogP contribution is -2.49. The number of hydrogen-bond donors (Lipinski definition) is 1. The molecule has 20 heavy (non-hydrogen) atoms. The number of amides is 1. The van der Waals surface area contributed by atoms with E-state index in [4.69, 9.17) is 15.2 Å². The normalized spacial score (nSPS) is 15.3. The van der Waals surface area contributed by atoms with Crippen molar-refractivity contribution in [3.8, 4) is 5.75 Å². The Labute approximate surface area is 117 Å². The van der Waals surface area contributed by atoms with Gasteiger partial charge in [-0.2, -0.15) is 0 Å². The van der Waals surface area contributed by atoms with Crippen molar-refractivity contribution in [2.24, 2.45) is 5.73 Å². The molecule has 1 aromatic rings. The second-order valence-corrected chi connectivity index (χ2v) is 4.51. The molecule has 1 atom stereocenters. The van der Waals surface area contributed by atoms with E-state index in [1.165, 1.54) is 12.0 Å². The van der Waals surface area contributed by atoms with Crippen LogP contribution in [0.3, 0.4) is 0 Å². The summed E-state index contributed by atoms with van der Waals surface area (Å²) >= 11 is 0. The summed E-state index contributed by atoms with van der Waals surface area (Å²) in [4.78, 5) is 25.5. The van der Waals surface area contributed by atoms with Crippen molar-refractivity contribution < 1.29 is 19.1 Å². The number of hydrogen-bond acceptors (Lipinski definition) is 5. The standard InChI is InChI=1S/C14H18N2O4/c1-3-10(14(18)19-2)16-11-6-9(7-15)4-5-12(11)20-8-13(16)17/h4-6,10H,3,7-8,15H2,1-2H3. The van der Waals surface area contributed by atoms with Crippen LogP contribution in [0.4, 0.5) is 5.69 Å². The van der Waals surface area contributed by atoms with Gasteiger partial charge in [0, 0.05) is 6.54 Å². The highest BCUT2D eigenvalue weighted by molar-refractivity contribution is 6.02. The van der Waals surface area contributed by atoms with E-state index >= 15 is 0 Å². The lowest BCUT2D eigenvalue weighted by atomic mass is 10.1. The molecule has 2 N–H and O–H groups in total. The molecule has 0 bridgehead atoms. The average Bonchev–Trinajstić information content (AvgIpc) is 2.49. The van der Waals surface area contributed by atoms with E-state index in [1.54, 1.807) is 12.1 Å². The minimum Gasteiger partial charge on any atom is -0.482 e. The summed E-state index contributed by atoms with van der Waals surface area (Å²) in [6.45, 7) is 2.10. The van der Waals surface area contributed by atoms with Crippen LogP contribution in [0, 0.1) is 0 Å². The zero-order valence-corrected chi connectivity index (χ0v) is 11.6. The molecule has 1 aliphatic rings. The van der Waals surface area contributed by atoms with Gasteiger partial charge in [-0.05, 0) is 24.1 Å². The molecule has 6 heteroatoms. The van der Waals surface area contributed by atoms with Gasteiger partial charge >= 0.3 is 5.97 Å². The SMILES string of the molecule is CCC(C(=O)OC)N1C(=O)COc2ccc(CN)cc21. The van der Waals surface area contributed by atoms with Crippen LogP contribution in [0.25, 0.3) is 0 Å². The first-order chi connectivity index (χ1) is 9.62. The second kappa shape index (κ2) is 5.92. The molecule has 0 spiro atoms. The maximum absolute atomic E-state index is 12.1. The third-order valence-electron chi connectivity index (χ3n) is 3.31. The Morgan fingerprint density at radius 3 is 2.90 bits per heavy atom. The van der Waals surface area contributed by atoms with Crippen molar-refractivity contribution in [1.82, 2.24) is 0 Å². The molecule has 6 nitrogen and oxygen atoms in total. The van der Waals surface area contributed by atoms with E-state index in [0.717, 1.165) is 5.56 Å². The second-order valence-electron chi connectivity index (χ2n) is 4.51. The number of anilines is 1. The van der Waals surface area contributed by atoms with Gasteiger partial charge in [-0.15, -0.1) is 0 Å². The lowest BCUT2D eigenvalue weighted by molar-refractivity contribution is -0.144. The summed E-state index contributed by atoms with van der Waals surface area (Å²) in [7, 11) is 1.31. The number of ether oxygens (including phenoxy) is 2. The minimum absolute atomic E-state index is 0.0809. The average molecular weight is 278 g/mol. The van der Waals surface area contributed by atoms with E-state index in [-0.39, 0.29) is 12.5 Å². The molecule has 1 aliphatic heterocycles. The smallest absolute Gasteiger partial charge is 0.328 e. The number of benzene rings is 1. The van der Waals surface area contributed by atoms with Gasteiger partial charge in [-0.25, -0.2) is 4.79 Å². The summed E-state index contributed by atoms with van der Waals surface area (Å²) in [6.07, 6.45) is 0.463. The minimum atomic E-state index is -0.650. The van der Waals surface area contributed by atoms with Gasteiger partial charge in [0.05, 0.1) is 12.8 Å². The lowest BCUT2D eigenvalue weighted by Gasteiger charge is -2.34. The molecule has 108 valence electrons.